The SMILES string of the molecule is COc1ccc(N2C(=O)/C(=C/c3ccccc3OCC(N)=O)SC2=S)cc1. The van der Waals surface area contributed by atoms with Gasteiger partial charge in [-0.05, 0) is 36.4 Å². The maximum Gasteiger partial charge on any atom is 0.270 e. The summed E-state index contributed by atoms with van der Waals surface area (Å²) in [6, 6.07) is 14.2. The number of amides is 2. The van der Waals surface area contributed by atoms with Crippen LogP contribution in [0.2, 0.25) is 0 Å². The van der Waals surface area contributed by atoms with Crippen LogP contribution in [0.15, 0.2) is 53.4 Å². The molecule has 0 aliphatic carbocycles. The Morgan fingerprint density at radius 3 is 2.59 bits per heavy atom. The summed E-state index contributed by atoms with van der Waals surface area (Å²) in [4.78, 5) is 25.7. The maximum atomic E-state index is 12.9. The van der Waals surface area contributed by atoms with Crippen molar-refractivity contribution in [2.45, 2.75) is 0 Å². The lowest BCUT2D eigenvalue weighted by Gasteiger charge is -2.14. The average molecular weight is 400 g/mol. The van der Waals surface area contributed by atoms with Gasteiger partial charge in [0.2, 0.25) is 0 Å². The molecule has 0 spiro atoms. The highest BCUT2D eigenvalue weighted by molar-refractivity contribution is 8.27. The number of benzene rings is 2. The second-order valence-electron chi connectivity index (χ2n) is 5.51. The van der Waals surface area contributed by atoms with Gasteiger partial charge in [-0.3, -0.25) is 14.5 Å². The predicted molar refractivity (Wildman–Crippen MR) is 110 cm³/mol. The van der Waals surface area contributed by atoms with Gasteiger partial charge in [0.1, 0.15) is 11.5 Å². The third kappa shape index (κ3) is 4.29. The number of thiocarbonyl (C=S) groups is 1. The lowest BCUT2D eigenvalue weighted by atomic mass is 10.2. The Morgan fingerprint density at radius 1 is 1.22 bits per heavy atom. The second-order valence-corrected chi connectivity index (χ2v) is 7.18. The molecule has 1 fully saturated rings. The van der Waals surface area contributed by atoms with E-state index in [0.29, 0.717) is 32.0 Å². The number of carbonyl (C=O) groups excluding carboxylic acids is 2. The summed E-state index contributed by atoms with van der Waals surface area (Å²) in [6.07, 6.45) is 1.69. The number of carbonyl (C=O) groups is 2. The highest BCUT2D eigenvalue weighted by Crippen LogP contribution is 2.37. The summed E-state index contributed by atoms with van der Waals surface area (Å²) in [6.45, 7) is -0.238. The molecule has 6 nitrogen and oxygen atoms in total. The standard InChI is InChI=1S/C19H16N2O4S2/c1-24-14-8-6-13(7-9-14)21-18(23)16(27-19(21)26)10-12-4-2-3-5-15(12)25-11-17(20)22/h2-10H,11H2,1H3,(H2,20,22)/b16-10-. The van der Waals surface area contributed by atoms with E-state index in [1.54, 1.807) is 55.7 Å². The highest BCUT2D eigenvalue weighted by Gasteiger charge is 2.33. The normalized spacial score (nSPS) is 15.3. The van der Waals surface area contributed by atoms with Crippen molar-refractivity contribution in [1.82, 2.24) is 0 Å². The van der Waals surface area contributed by atoms with E-state index in [1.807, 2.05) is 6.07 Å². The van der Waals surface area contributed by atoms with Crippen LogP contribution in [0.25, 0.3) is 6.08 Å². The third-order valence-electron chi connectivity index (χ3n) is 3.70. The van der Waals surface area contributed by atoms with E-state index in [2.05, 4.69) is 0 Å². The fourth-order valence-electron chi connectivity index (χ4n) is 2.44. The van der Waals surface area contributed by atoms with Crippen molar-refractivity contribution in [1.29, 1.82) is 0 Å². The van der Waals surface area contributed by atoms with Crippen molar-refractivity contribution in [2.75, 3.05) is 18.6 Å². The third-order valence-corrected chi connectivity index (χ3v) is 5.00. The van der Waals surface area contributed by atoms with Crippen LogP contribution in [0.4, 0.5) is 5.69 Å². The lowest BCUT2D eigenvalue weighted by Crippen LogP contribution is -2.27. The average Bonchev–Trinajstić information content (AvgIpc) is 2.94. The fourth-order valence-corrected chi connectivity index (χ4v) is 3.73. The summed E-state index contributed by atoms with van der Waals surface area (Å²) in [5, 5.41) is 0. The molecule has 2 N–H and O–H groups in total. The number of primary amides is 1. The quantitative estimate of drug-likeness (QED) is 0.593. The predicted octanol–water partition coefficient (Wildman–Crippen LogP) is 2.97. The van der Waals surface area contributed by atoms with E-state index in [0.717, 1.165) is 0 Å². The Balaban J connectivity index is 1.87. The van der Waals surface area contributed by atoms with Crippen LogP contribution in [0.3, 0.4) is 0 Å². The number of thioether (sulfide) groups is 1. The van der Waals surface area contributed by atoms with E-state index in [1.165, 1.54) is 16.7 Å². The number of nitrogens with two attached hydrogens (primary N) is 1. The van der Waals surface area contributed by atoms with Crippen LogP contribution in [-0.4, -0.2) is 29.9 Å². The number of hydrogen-bond acceptors (Lipinski definition) is 6. The summed E-state index contributed by atoms with van der Waals surface area (Å²) in [5.41, 5.74) is 6.45. The van der Waals surface area contributed by atoms with Gasteiger partial charge in [0, 0.05) is 5.56 Å². The molecule has 0 saturated carbocycles. The lowest BCUT2D eigenvalue weighted by molar-refractivity contribution is -0.120. The van der Waals surface area contributed by atoms with Gasteiger partial charge in [-0.2, -0.15) is 0 Å². The first kappa shape index (κ1) is 18.9. The van der Waals surface area contributed by atoms with Crippen molar-refractivity contribution in [3.8, 4) is 11.5 Å². The van der Waals surface area contributed by atoms with Crippen LogP contribution >= 0.6 is 24.0 Å². The molecule has 2 aromatic carbocycles. The molecule has 8 heteroatoms. The fraction of sp³-hybridized carbons (Fsp3) is 0.105. The van der Waals surface area contributed by atoms with Gasteiger partial charge in [0.25, 0.3) is 11.8 Å². The topological polar surface area (TPSA) is 81.9 Å². The maximum absolute atomic E-state index is 12.9. The minimum atomic E-state index is -0.573. The molecule has 0 bridgehead atoms. The number of ether oxygens (including phenoxy) is 2. The summed E-state index contributed by atoms with van der Waals surface area (Å²) in [7, 11) is 1.58. The van der Waals surface area contributed by atoms with Crippen LogP contribution in [0, 0.1) is 0 Å². The number of methoxy groups -OCH3 is 1. The summed E-state index contributed by atoms with van der Waals surface area (Å²) < 4.78 is 11.0. The number of para-hydroxylation sites is 1. The molecule has 0 atom stereocenters. The first-order chi connectivity index (χ1) is 13.0. The van der Waals surface area contributed by atoms with Gasteiger partial charge in [-0.15, -0.1) is 0 Å². The minimum Gasteiger partial charge on any atom is -0.497 e. The van der Waals surface area contributed by atoms with Crippen molar-refractivity contribution < 1.29 is 19.1 Å². The van der Waals surface area contributed by atoms with Crippen molar-refractivity contribution in [3.63, 3.8) is 0 Å². The van der Waals surface area contributed by atoms with Gasteiger partial charge < -0.3 is 15.2 Å². The molecular weight excluding hydrogens is 384 g/mol. The second kappa shape index (κ2) is 8.24. The zero-order valence-corrected chi connectivity index (χ0v) is 16.0. The van der Waals surface area contributed by atoms with E-state index in [9.17, 15) is 9.59 Å². The number of hydrogen-bond donors (Lipinski definition) is 1. The van der Waals surface area contributed by atoms with Crippen molar-refractivity contribution >= 4 is 51.9 Å². The molecule has 3 rings (SSSR count). The van der Waals surface area contributed by atoms with E-state index in [-0.39, 0.29) is 12.5 Å². The molecule has 138 valence electrons. The van der Waals surface area contributed by atoms with Gasteiger partial charge in [-0.25, -0.2) is 0 Å². The Morgan fingerprint density at radius 2 is 1.93 bits per heavy atom. The molecule has 0 aromatic heterocycles. The minimum absolute atomic E-state index is 0.222. The van der Waals surface area contributed by atoms with Gasteiger partial charge in [0.05, 0.1) is 17.7 Å². The molecule has 2 amide bonds. The van der Waals surface area contributed by atoms with Gasteiger partial charge in [-0.1, -0.05) is 42.2 Å². The van der Waals surface area contributed by atoms with Crippen LogP contribution in [0.1, 0.15) is 5.56 Å². The molecule has 27 heavy (non-hydrogen) atoms. The van der Waals surface area contributed by atoms with Crippen LogP contribution in [-0.2, 0) is 9.59 Å². The number of anilines is 1. The number of nitrogens with zero attached hydrogens (tertiary/aromatic N) is 1. The Hall–Kier alpha value is -2.84. The Labute approximate surface area is 165 Å². The molecule has 0 unspecified atom stereocenters. The zero-order valence-electron chi connectivity index (χ0n) is 14.4. The highest BCUT2D eigenvalue weighted by atomic mass is 32.2. The van der Waals surface area contributed by atoms with Crippen molar-refractivity contribution in [3.05, 3.63) is 59.0 Å². The van der Waals surface area contributed by atoms with Gasteiger partial charge >= 0.3 is 0 Å². The molecule has 0 radical (unpaired) electrons. The van der Waals surface area contributed by atoms with Crippen LogP contribution < -0.4 is 20.1 Å². The van der Waals surface area contributed by atoms with E-state index >= 15 is 0 Å². The van der Waals surface area contributed by atoms with Gasteiger partial charge in [0.15, 0.2) is 10.9 Å². The molecular formula is C19H16N2O4S2. The molecule has 1 heterocycles. The number of rotatable bonds is 6. The summed E-state index contributed by atoms with van der Waals surface area (Å²) >= 11 is 6.58. The Bertz CT molecular complexity index is 926. The molecule has 1 saturated heterocycles. The van der Waals surface area contributed by atoms with Crippen LogP contribution in [0.5, 0.6) is 11.5 Å². The smallest absolute Gasteiger partial charge is 0.270 e. The zero-order chi connectivity index (χ0) is 19.4. The monoisotopic (exact) mass is 400 g/mol. The van der Waals surface area contributed by atoms with Crippen molar-refractivity contribution in [2.24, 2.45) is 5.73 Å². The first-order valence-corrected chi connectivity index (χ1v) is 9.14. The molecule has 1 aliphatic heterocycles. The largest absolute Gasteiger partial charge is 0.497 e. The molecule has 2 aromatic rings. The summed E-state index contributed by atoms with van der Waals surface area (Å²) in [5.74, 6) is 0.363. The Kier molecular flexibility index (Phi) is 5.78. The first-order valence-electron chi connectivity index (χ1n) is 7.91. The van der Waals surface area contributed by atoms with E-state index in [4.69, 9.17) is 27.4 Å². The molecule has 1 aliphatic rings. The van der Waals surface area contributed by atoms with E-state index < -0.39 is 5.91 Å².